The predicted molar refractivity (Wildman–Crippen MR) is 73.1 cm³/mol. The van der Waals surface area contributed by atoms with E-state index >= 15 is 0 Å². The van der Waals surface area contributed by atoms with Crippen molar-refractivity contribution in [2.75, 3.05) is 6.17 Å². The highest BCUT2D eigenvalue weighted by Crippen LogP contribution is 1.97. The monoisotopic (exact) mass is 227 g/mol. The van der Waals surface area contributed by atoms with Gasteiger partial charge in [0.25, 0.3) is 0 Å². The average molecular weight is 227 g/mol. The van der Waals surface area contributed by atoms with Gasteiger partial charge in [0.15, 0.2) is 0 Å². The molecule has 0 aliphatic carbocycles. The zero-order chi connectivity index (χ0) is 11.4. The quantitative estimate of drug-likeness (QED) is 0.773. The Morgan fingerprint density at radius 1 is 0.938 bits per heavy atom. The summed E-state index contributed by atoms with van der Waals surface area (Å²) < 4.78 is 0. The molecular weight excluding hydrogens is 210 g/mol. The van der Waals surface area contributed by atoms with Crippen molar-refractivity contribution in [1.29, 1.82) is 0 Å². The number of hydrogen-bond donors (Lipinski definition) is 1. The Balaban J connectivity index is 2.41. The molecule has 0 aliphatic heterocycles. The molecule has 2 rings (SSSR count). The second kappa shape index (κ2) is 5.10. The number of rotatable bonds is 3. The number of nitrogens with two attached hydrogens (primary N) is 1. The first-order valence-corrected chi connectivity index (χ1v) is 7.60. The van der Waals surface area contributed by atoms with Crippen LogP contribution in [-0.4, -0.2) is 15.0 Å². The molecule has 0 bridgehead atoms. The lowest BCUT2D eigenvalue weighted by molar-refractivity contribution is 1.35. The summed E-state index contributed by atoms with van der Waals surface area (Å²) in [5.41, 5.74) is 7.34. The van der Waals surface area contributed by atoms with Gasteiger partial charge >= 0.3 is 0 Å². The Kier molecular flexibility index (Phi) is 3.54. The first kappa shape index (κ1) is 11.1. The minimum absolute atomic E-state index is 0.787. The molecule has 0 spiro atoms. The van der Waals surface area contributed by atoms with Crippen molar-refractivity contribution in [1.82, 2.24) is 0 Å². The van der Waals surface area contributed by atoms with Gasteiger partial charge in [-0.1, -0.05) is 70.5 Å². The largest absolute Gasteiger partial charge is 0.333 e. The fourth-order valence-corrected chi connectivity index (χ4v) is 4.67. The lowest BCUT2D eigenvalue weighted by atomic mass is 10.2. The first-order valence-electron chi connectivity index (χ1n) is 5.63. The molecule has 0 radical (unpaired) electrons. The lowest BCUT2D eigenvalue weighted by Crippen LogP contribution is -2.49. The minimum Gasteiger partial charge on any atom is -0.333 e. The van der Waals surface area contributed by atoms with Crippen LogP contribution >= 0.6 is 0 Å². The summed E-state index contributed by atoms with van der Waals surface area (Å²) in [5.74, 6) is 0. The van der Waals surface area contributed by atoms with Gasteiger partial charge in [-0.05, 0) is 13.1 Å². The topological polar surface area (TPSA) is 26.0 Å². The van der Waals surface area contributed by atoms with Gasteiger partial charge in [0.2, 0.25) is 0 Å². The molecule has 0 aromatic heterocycles. The third-order valence-corrected chi connectivity index (χ3v) is 6.06. The molecule has 0 heterocycles. The molecule has 16 heavy (non-hydrogen) atoms. The van der Waals surface area contributed by atoms with Crippen molar-refractivity contribution in [3.8, 4) is 0 Å². The van der Waals surface area contributed by atoms with E-state index in [1.807, 2.05) is 0 Å². The summed E-state index contributed by atoms with van der Waals surface area (Å²) in [5, 5.41) is 2.90. The second-order valence-electron chi connectivity index (χ2n) is 4.06. The fraction of sp³-hybridized carbons (Fsp3) is 0.143. The molecular formula is C14H17NSi. The van der Waals surface area contributed by atoms with Gasteiger partial charge in [-0.25, -0.2) is 0 Å². The molecule has 2 aromatic rings. The summed E-state index contributed by atoms with van der Waals surface area (Å²) in [6.07, 6.45) is 0.787. The van der Waals surface area contributed by atoms with Crippen LogP contribution < -0.4 is 16.1 Å². The van der Waals surface area contributed by atoms with Gasteiger partial charge in [-0.15, -0.1) is 0 Å². The molecule has 0 aliphatic rings. The van der Waals surface area contributed by atoms with Gasteiger partial charge in [0, 0.05) is 0 Å². The van der Waals surface area contributed by atoms with Crippen LogP contribution in [0.5, 0.6) is 0 Å². The molecule has 0 saturated heterocycles. The average Bonchev–Trinajstić information content (AvgIpc) is 2.34. The van der Waals surface area contributed by atoms with Crippen molar-refractivity contribution < 1.29 is 0 Å². The molecule has 0 amide bonds. The molecule has 2 heteroatoms. The van der Waals surface area contributed by atoms with Gasteiger partial charge in [0.1, 0.15) is 8.80 Å². The van der Waals surface area contributed by atoms with Crippen LogP contribution in [0.4, 0.5) is 0 Å². The fourth-order valence-electron chi connectivity index (χ4n) is 2.11. The Labute approximate surface area is 98.5 Å². The van der Waals surface area contributed by atoms with Gasteiger partial charge in [0.05, 0.1) is 0 Å². The van der Waals surface area contributed by atoms with E-state index in [1.54, 1.807) is 0 Å². The maximum atomic E-state index is 5.97. The number of aryl methyl sites for hydroxylation is 1. The Bertz CT molecular complexity index is 453. The Hall–Kier alpha value is -1.38. The predicted octanol–water partition coefficient (Wildman–Crippen LogP) is 0.834. The Morgan fingerprint density at radius 2 is 1.56 bits per heavy atom. The summed E-state index contributed by atoms with van der Waals surface area (Å²) in [6.45, 7) is 2.17. The minimum atomic E-state index is -1.19. The van der Waals surface area contributed by atoms with E-state index < -0.39 is 8.80 Å². The number of hydrogen-bond acceptors (Lipinski definition) is 1. The molecule has 1 unspecified atom stereocenters. The highest BCUT2D eigenvalue weighted by atomic mass is 28.3. The summed E-state index contributed by atoms with van der Waals surface area (Å²) in [4.78, 5) is 0. The summed E-state index contributed by atoms with van der Waals surface area (Å²) >= 11 is 0. The smallest absolute Gasteiger partial charge is 0.116 e. The molecule has 1 atom stereocenters. The van der Waals surface area contributed by atoms with Gasteiger partial charge in [-0.2, -0.15) is 0 Å². The first-order chi connectivity index (χ1) is 7.83. The van der Waals surface area contributed by atoms with Crippen molar-refractivity contribution in [3.63, 3.8) is 0 Å². The SMILES string of the molecule is Cc1ccccc1[SiH](CN)c1ccccc1. The van der Waals surface area contributed by atoms with E-state index in [2.05, 4.69) is 61.5 Å². The van der Waals surface area contributed by atoms with Crippen molar-refractivity contribution in [2.24, 2.45) is 5.73 Å². The van der Waals surface area contributed by atoms with E-state index in [9.17, 15) is 0 Å². The molecule has 2 N–H and O–H groups in total. The van der Waals surface area contributed by atoms with E-state index in [1.165, 1.54) is 15.9 Å². The Morgan fingerprint density at radius 3 is 2.19 bits per heavy atom. The lowest BCUT2D eigenvalue weighted by Gasteiger charge is -2.16. The van der Waals surface area contributed by atoms with E-state index in [4.69, 9.17) is 5.73 Å². The molecule has 1 nitrogen and oxygen atoms in total. The highest BCUT2D eigenvalue weighted by molar-refractivity contribution is 6.85. The summed E-state index contributed by atoms with van der Waals surface area (Å²) in [6, 6.07) is 19.3. The van der Waals surface area contributed by atoms with Crippen molar-refractivity contribution in [3.05, 3.63) is 60.2 Å². The highest BCUT2D eigenvalue weighted by Gasteiger charge is 2.15. The maximum Gasteiger partial charge on any atom is 0.116 e. The molecule has 82 valence electrons. The van der Waals surface area contributed by atoms with Crippen molar-refractivity contribution >= 4 is 19.2 Å². The standard InChI is InChI=1S/C14H17NSi/c1-12-7-5-6-10-14(12)16(11-15)13-8-3-2-4-9-13/h2-10,16H,11,15H2,1H3. The van der Waals surface area contributed by atoms with Crippen LogP contribution in [0.3, 0.4) is 0 Å². The third-order valence-electron chi connectivity index (χ3n) is 3.00. The van der Waals surface area contributed by atoms with E-state index in [0.717, 1.165) is 6.17 Å². The van der Waals surface area contributed by atoms with E-state index in [0.29, 0.717) is 0 Å². The van der Waals surface area contributed by atoms with Crippen LogP contribution in [-0.2, 0) is 0 Å². The molecule has 2 aromatic carbocycles. The second-order valence-corrected chi connectivity index (χ2v) is 6.92. The van der Waals surface area contributed by atoms with Crippen molar-refractivity contribution in [2.45, 2.75) is 6.92 Å². The zero-order valence-corrected chi connectivity index (χ0v) is 10.7. The van der Waals surface area contributed by atoms with Gasteiger partial charge < -0.3 is 5.73 Å². The van der Waals surface area contributed by atoms with Crippen LogP contribution in [0.1, 0.15) is 5.56 Å². The molecule has 0 saturated carbocycles. The van der Waals surface area contributed by atoms with Gasteiger partial charge in [-0.3, -0.25) is 0 Å². The summed E-state index contributed by atoms with van der Waals surface area (Å²) in [7, 11) is -1.19. The third kappa shape index (κ3) is 2.23. The van der Waals surface area contributed by atoms with Crippen LogP contribution in [0.25, 0.3) is 0 Å². The maximum absolute atomic E-state index is 5.97. The normalized spacial score (nSPS) is 12.4. The van der Waals surface area contributed by atoms with Crippen LogP contribution in [0.15, 0.2) is 54.6 Å². The van der Waals surface area contributed by atoms with Crippen LogP contribution in [0.2, 0.25) is 0 Å². The number of benzene rings is 2. The zero-order valence-electron chi connectivity index (χ0n) is 9.56. The molecule has 0 fully saturated rings. The van der Waals surface area contributed by atoms with Crippen LogP contribution in [0, 0.1) is 6.92 Å². The van der Waals surface area contributed by atoms with E-state index in [-0.39, 0.29) is 0 Å².